The molecule has 0 bridgehead atoms. The van der Waals surface area contributed by atoms with Crippen molar-refractivity contribution in [3.8, 4) is 0 Å². The van der Waals surface area contributed by atoms with Crippen molar-refractivity contribution in [2.45, 2.75) is 50.2 Å². The van der Waals surface area contributed by atoms with Gasteiger partial charge in [0.15, 0.2) is 0 Å². The van der Waals surface area contributed by atoms with Gasteiger partial charge in [0.2, 0.25) is 0 Å². The summed E-state index contributed by atoms with van der Waals surface area (Å²) in [6.45, 7) is 3.40. The lowest BCUT2D eigenvalue weighted by atomic mass is 9.73. The molecule has 2 atom stereocenters. The van der Waals surface area contributed by atoms with Gasteiger partial charge in [-0.1, -0.05) is 0 Å². The van der Waals surface area contributed by atoms with Crippen LogP contribution in [0.1, 0.15) is 39.0 Å². The smallest absolute Gasteiger partial charge is 0.0702 e. The maximum absolute atomic E-state index is 10.6. The van der Waals surface area contributed by atoms with Crippen LogP contribution in [0, 0.1) is 5.92 Å². The zero-order valence-electron chi connectivity index (χ0n) is 11.6. The summed E-state index contributed by atoms with van der Waals surface area (Å²) < 4.78 is 11.2. The average molecular weight is 274 g/mol. The van der Waals surface area contributed by atoms with Crippen LogP contribution < -0.4 is 0 Å². The highest BCUT2D eigenvalue weighted by molar-refractivity contribution is 7.99. The number of hydrogen-bond donors (Lipinski definition) is 1. The van der Waals surface area contributed by atoms with Gasteiger partial charge in [0.1, 0.15) is 0 Å². The van der Waals surface area contributed by atoms with Crippen molar-refractivity contribution in [2.24, 2.45) is 5.92 Å². The quantitative estimate of drug-likeness (QED) is 0.855. The summed E-state index contributed by atoms with van der Waals surface area (Å²) >= 11 is 2.02. The van der Waals surface area contributed by atoms with Crippen LogP contribution in [-0.2, 0) is 9.47 Å². The predicted octanol–water partition coefficient (Wildman–Crippen LogP) is 2.47. The molecular weight excluding hydrogens is 248 g/mol. The summed E-state index contributed by atoms with van der Waals surface area (Å²) in [7, 11) is 1.69. The van der Waals surface area contributed by atoms with Gasteiger partial charge >= 0.3 is 0 Å². The van der Waals surface area contributed by atoms with Crippen LogP contribution in [-0.4, -0.2) is 48.1 Å². The Hall–Kier alpha value is 0.230. The molecule has 0 aromatic carbocycles. The molecule has 2 heterocycles. The topological polar surface area (TPSA) is 38.7 Å². The summed E-state index contributed by atoms with van der Waals surface area (Å²) in [4.78, 5) is 0. The summed E-state index contributed by atoms with van der Waals surface area (Å²) in [6.07, 6.45) is 5.01. The molecule has 106 valence electrons. The van der Waals surface area contributed by atoms with E-state index in [4.69, 9.17) is 9.47 Å². The van der Waals surface area contributed by atoms with Crippen LogP contribution in [0.2, 0.25) is 0 Å². The first-order valence-corrected chi connectivity index (χ1v) is 8.16. The third-order valence-electron chi connectivity index (χ3n) is 4.59. The van der Waals surface area contributed by atoms with E-state index in [9.17, 15) is 5.11 Å². The number of aliphatic hydroxyl groups is 1. The Morgan fingerprint density at radius 1 is 1.44 bits per heavy atom. The molecule has 2 fully saturated rings. The van der Waals surface area contributed by atoms with E-state index in [2.05, 4.69) is 0 Å². The highest BCUT2D eigenvalue weighted by Crippen LogP contribution is 2.43. The van der Waals surface area contributed by atoms with Crippen molar-refractivity contribution in [2.75, 3.05) is 31.8 Å². The predicted molar refractivity (Wildman–Crippen MR) is 75.1 cm³/mol. The molecule has 1 spiro atoms. The van der Waals surface area contributed by atoms with Crippen molar-refractivity contribution in [3.05, 3.63) is 0 Å². The molecule has 18 heavy (non-hydrogen) atoms. The van der Waals surface area contributed by atoms with Gasteiger partial charge in [-0.25, -0.2) is 0 Å². The second-order valence-corrected chi connectivity index (χ2v) is 7.16. The number of rotatable bonds is 4. The van der Waals surface area contributed by atoms with Gasteiger partial charge in [0.25, 0.3) is 0 Å². The first-order chi connectivity index (χ1) is 8.58. The third-order valence-corrected chi connectivity index (χ3v) is 5.57. The SMILES string of the molecule is COCCC(C)(O)C1CCOC2(CCSCC2)C1. The normalized spacial score (nSPS) is 31.2. The lowest BCUT2D eigenvalue weighted by Crippen LogP contribution is -2.49. The van der Waals surface area contributed by atoms with E-state index in [0.29, 0.717) is 12.5 Å². The van der Waals surface area contributed by atoms with Crippen LogP contribution >= 0.6 is 11.8 Å². The maximum atomic E-state index is 10.6. The first-order valence-electron chi connectivity index (χ1n) is 7.01. The highest BCUT2D eigenvalue weighted by atomic mass is 32.2. The Labute approximate surface area is 115 Å². The molecule has 2 unspecified atom stereocenters. The molecule has 3 nitrogen and oxygen atoms in total. The molecule has 0 radical (unpaired) electrons. The van der Waals surface area contributed by atoms with E-state index >= 15 is 0 Å². The van der Waals surface area contributed by atoms with Gasteiger partial charge in [-0.05, 0) is 56.5 Å². The summed E-state index contributed by atoms with van der Waals surface area (Å²) in [6, 6.07) is 0. The van der Waals surface area contributed by atoms with E-state index in [-0.39, 0.29) is 5.60 Å². The molecule has 0 aromatic heterocycles. The zero-order chi connectivity index (χ0) is 13.1. The summed E-state index contributed by atoms with van der Waals surface area (Å²) in [5.74, 6) is 2.75. The van der Waals surface area contributed by atoms with Gasteiger partial charge < -0.3 is 14.6 Å². The fourth-order valence-electron chi connectivity index (χ4n) is 3.16. The van der Waals surface area contributed by atoms with Crippen molar-refractivity contribution < 1.29 is 14.6 Å². The van der Waals surface area contributed by atoms with E-state index in [1.165, 1.54) is 11.5 Å². The van der Waals surface area contributed by atoms with Crippen LogP contribution in [0.25, 0.3) is 0 Å². The minimum absolute atomic E-state index is 0.0607. The van der Waals surface area contributed by atoms with Crippen molar-refractivity contribution in [3.63, 3.8) is 0 Å². The lowest BCUT2D eigenvalue weighted by Gasteiger charge is -2.47. The average Bonchev–Trinajstić information content (AvgIpc) is 2.37. The fraction of sp³-hybridized carbons (Fsp3) is 1.00. The van der Waals surface area contributed by atoms with Crippen molar-refractivity contribution >= 4 is 11.8 Å². The molecular formula is C14H26O3S. The Kier molecular flexibility index (Phi) is 4.98. The van der Waals surface area contributed by atoms with Crippen molar-refractivity contribution in [1.29, 1.82) is 0 Å². The molecule has 2 aliphatic heterocycles. The Bertz CT molecular complexity index is 256. The van der Waals surface area contributed by atoms with Crippen LogP contribution in [0.3, 0.4) is 0 Å². The maximum Gasteiger partial charge on any atom is 0.0702 e. The molecule has 2 aliphatic rings. The molecule has 0 aliphatic carbocycles. The van der Waals surface area contributed by atoms with E-state index in [1.54, 1.807) is 7.11 Å². The number of hydrogen-bond acceptors (Lipinski definition) is 4. The molecule has 1 N–H and O–H groups in total. The van der Waals surface area contributed by atoms with Crippen LogP contribution in [0.4, 0.5) is 0 Å². The van der Waals surface area contributed by atoms with E-state index < -0.39 is 5.60 Å². The van der Waals surface area contributed by atoms with Gasteiger partial charge in [0.05, 0.1) is 11.2 Å². The minimum Gasteiger partial charge on any atom is -0.390 e. The van der Waals surface area contributed by atoms with E-state index in [1.807, 2.05) is 18.7 Å². The second kappa shape index (κ2) is 6.12. The number of thioether (sulfide) groups is 1. The monoisotopic (exact) mass is 274 g/mol. The highest BCUT2D eigenvalue weighted by Gasteiger charge is 2.44. The second-order valence-electron chi connectivity index (χ2n) is 5.93. The summed E-state index contributed by atoms with van der Waals surface area (Å²) in [5.41, 5.74) is -0.553. The van der Waals surface area contributed by atoms with Gasteiger partial charge in [-0.3, -0.25) is 0 Å². The van der Waals surface area contributed by atoms with Crippen LogP contribution in [0.15, 0.2) is 0 Å². The third kappa shape index (κ3) is 3.41. The van der Waals surface area contributed by atoms with Gasteiger partial charge in [-0.15, -0.1) is 0 Å². The molecule has 0 amide bonds. The van der Waals surface area contributed by atoms with Gasteiger partial charge in [0, 0.05) is 20.3 Å². The number of ether oxygens (including phenoxy) is 2. The van der Waals surface area contributed by atoms with Crippen LogP contribution in [0.5, 0.6) is 0 Å². The molecule has 2 saturated heterocycles. The number of methoxy groups -OCH3 is 1. The first kappa shape index (κ1) is 14.6. The van der Waals surface area contributed by atoms with Crippen molar-refractivity contribution in [1.82, 2.24) is 0 Å². The van der Waals surface area contributed by atoms with Gasteiger partial charge in [-0.2, -0.15) is 11.8 Å². The molecule has 0 aromatic rings. The van der Waals surface area contributed by atoms with E-state index in [0.717, 1.165) is 38.7 Å². The zero-order valence-corrected chi connectivity index (χ0v) is 12.4. The molecule has 0 saturated carbocycles. The fourth-order valence-corrected chi connectivity index (χ4v) is 4.40. The standard InChI is InChI=1S/C14H26O3S/c1-13(15,4-8-16-2)12-3-7-17-14(11-12)5-9-18-10-6-14/h12,15H,3-11H2,1-2H3. The molecule has 2 rings (SSSR count). The largest absolute Gasteiger partial charge is 0.390 e. The lowest BCUT2D eigenvalue weighted by molar-refractivity contribution is -0.146. The Morgan fingerprint density at radius 3 is 2.83 bits per heavy atom. The summed E-state index contributed by atoms with van der Waals surface area (Å²) in [5, 5.41) is 10.6. The molecule has 4 heteroatoms. The minimum atomic E-state index is -0.614. The Balaban J connectivity index is 1.96. The Morgan fingerprint density at radius 2 is 2.17 bits per heavy atom.